The van der Waals surface area contributed by atoms with Crippen LogP contribution in [0.5, 0.6) is 0 Å². The Bertz CT molecular complexity index is 1000. The molecule has 1 amide bonds. The Morgan fingerprint density at radius 3 is 2.69 bits per heavy atom. The van der Waals surface area contributed by atoms with Gasteiger partial charge in [0.2, 0.25) is 0 Å². The zero-order valence-corrected chi connectivity index (χ0v) is 15.3. The molecule has 0 aromatic heterocycles. The Labute approximate surface area is 155 Å². The number of nitrogens with zero attached hydrogens (tertiary/aromatic N) is 2. The monoisotopic (exact) mass is 394 g/mol. The number of carbonyl (C=O) groups excluding carboxylic acids is 1. The normalized spacial score (nSPS) is 15.7. The molecule has 0 fully saturated rings. The highest BCUT2D eigenvalue weighted by Gasteiger charge is 2.28. The smallest absolute Gasteiger partial charge is 0.307 e. The third-order valence-corrected chi connectivity index (χ3v) is 4.49. The van der Waals surface area contributed by atoms with E-state index in [1.807, 2.05) is 19.1 Å². The molecule has 1 heterocycles. The number of hydrogen-bond donors (Lipinski definition) is 1. The van der Waals surface area contributed by atoms with Crippen LogP contribution in [0.3, 0.4) is 0 Å². The van der Waals surface area contributed by atoms with E-state index in [2.05, 4.69) is 9.44 Å². The van der Waals surface area contributed by atoms with Gasteiger partial charge in [-0.05, 0) is 36.8 Å². The number of halogens is 1. The molecule has 1 N–H and O–H groups in total. The fourth-order valence-electron chi connectivity index (χ4n) is 2.80. The Kier molecular flexibility index (Phi) is 4.99. The van der Waals surface area contributed by atoms with Crippen molar-refractivity contribution in [3.05, 3.63) is 64.2 Å². The van der Waals surface area contributed by atoms with Crippen molar-refractivity contribution in [3.8, 4) is 0 Å². The van der Waals surface area contributed by atoms with Gasteiger partial charge in [0.1, 0.15) is 0 Å². The number of hydrogen-bond acceptors (Lipinski definition) is 5. The first-order valence-corrected chi connectivity index (χ1v) is 9.41. The third-order valence-electron chi connectivity index (χ3n) is 3.99. The Morgan fingerprint density at radius 2 is 2.00 bits per heavy atom. The van der Waals surface area contributed by atoms with Gasteiger partial charge in [-0.1, -0.05) is 35.0 Å². The van der Waals surface area contributed by atoms with Crippen molar-refractivity contribution in [2.24, 2.45) is 5.16 Å². The molecule has 2 aromatic carbocycles. The molecule has 1 aliphatic rings. The van der Waals surface area contributed by atoms with Crippen molar-refractivity contribution >= 4 is 39.3 Å². The second kappa shape index (κ2) is 7.06. The Morgan fingerprint density at radius 1 is 1.27 bits per heavy atom. The fraction of sp³-hybridized carbons (Fsp3) is 0.176. The van der Waals surface area contributed by atoms with Gasteiger partial charge in [-0.15, -0.1) is 0 Å². The molecule has 9 heteroatoms. The number of anilines is 1. The minimum absolute atomic E-state index is 0.179. The predicted octanol–water partition coefficient (Wildman–Crippen LogP) is 3.22. The molecule has 136 valence electrons. The largest absolute Gasteiger partial charge is 0.466 e. The van der Waals surface area contributed by atoms with Gasteiger partial charge in [0.05, 0.1) is 11.4 Å². The summed E-state index contributed by atoms with van der Waals surface area (Å²) in [4.78, 5) is 14.6. The van der Waals surface area contributed by atoms with Crippen molar-refractivity contribution in [3.63, 3.8) is 0 Å². The van der Waals surface area contributed by atoms with Gasteiger partial charge in [-0.3, -0.25) is 9.35 Å². The average Bonchev–Trinajstić information content (AvgIpc) is 2.58. The van der Waals surface area contributed by atoms with Crippen LogP contribution in [-0.4, -0.2) is 31.1 Å². The summed E-state index contributed by atoms with van der Waals surface area (Å²) in [7, 11) is -4.72. The molecule has 0 unspecified atom stereocenters. The molecular weight excluding hydrogens is 380 g/mol. The molecule has 2 aromatic rings. The molecular formula is C17H15ClN2O5S. The first kappa shape index (κ1) is 18.4. The highest BCUT2D eigenvalue weighted by atomic mass is 35.5. The van der Waals surface area contributed by atoms with Crippen molar-refractivity contribution in [1.29, 1.82) is 0 Å². The van der Waals surface area contributed by atoms with Gasteiger partial charge >= 0.3 is 10.4 Å². The van der Waals surface area contributed by atoms with E-state index in [1.165, 1.54) is 0 Å². The summed E-state index contributed by atoms with van der Waals surface area (Å²) in [6.07, 6.45) is 0.237. The molecule has 3 rings (SSSR count). The highest BCUT2D eigenvalue weighted by molar-refractivity contribution is 7.80. The first-order valence-electron chi connectivity index (χ1n) is 7.66. The zero-order valence-electron chi connectivity index (χ0n) is 13.7. The predicted molar refractivity (Wildman–Crippen MR) is 98.1 cm³/mol. The van der Waals surface area contributed by atoms with Gasteiger partial charge in [-0.25, -0.2) is 4.28 Å². The van der Waals surface area contributed by atoms with E-state index in [9.17, 15) is 13.2 Å². The quantitative estimate of drug-likeness (QED) is 0.636. The van der Waals surface area contributed by atoms with Crippen molar-refractivity contribution < 1.29 is 22.0 Å². The lowest BCUT2D eigenvalue weighted by atomic mass is 9.98. The number of fused-ring (bicyclic) bond motifs is 1. The van der Waals surface area contributed by atoms with Crippen LogP contribution in [0.25, 0.3) is 0 Å². The van der Waals surface area contributed by atoms with Gasteiger partial charge < -0.3 is 4.90 Å². The zero-order chi connectivity index (χ0) is 18.9. The van der Waals surface area contributed by atoms with Crippen molar-refractivity contribution in [2.45, 2.75) is 13.3 Å². The molecule has 26 heavy (non-hydrogen) atoms. The lowest BCUT2D eigenvalue weighted by Gasteiger charge is -2.30. The molecule has 0 aliphatic carbocycles. The second-order valence-corrected chi connectivity index (χ2v) is 7.16. The minimum Gasteiger partial charge on any atom is -0.307 e. The van der Waals surface area contributed by atoms with Crippen LogP contribution in [0.15, 0.2) is 47.6 Å². The van der Waals surface area contributed by atoms with E-state index >= 15 is 0 Å². The van der Waals surface area contributed by atoms with Crippen LogP contribution in [-0.2, 0) is 14.7 Å². The van der Waals surface area contributed by atoms with Gasteiger partial charge in [0.25, 0.3) is 5.91 Å². The number of amides is 1. The number of carbonyl (C=O) groups is 1. The molecule has 0 spiro atoms. The summed E-state index contributed by atoms with van der Waals surface area (Å²) in [5.41, 5.74) is 2.69. The number of rotatable bonds is 3. The average molecular weight is 395 g/mol. The summed E-state index contributed by atoms with van der Waals surface area (Å²) in [5, 5.41) is 3.90. The lowest BCUT2D eigenvalue weighted by Crippen LogP contribution is -2.38. The first-order chi connectivity index (χ1) is 12.3. The molecule has 0 radical (unpaired) electrons. The fourth-order valence-corrected chi connectivity index (χ4v) is 3.16. The summed E-state index contributed by atoms with van der Waals surface area (Å²) < 4.78 is 34.4. The molecule has 0 saturated heterocycles. The van der Waals surface area contributed by atoms with Crippen LogP contribution >= 0.6 is 11.6 Å². The van der Waals surface area contributed by atoms with Gasteiger partial charge in [0, 0.05) is 29.1 Å². The van der Waals surface area contributed by atoms with Gasteiger partial charge in [0.15, 0.2) is 0 Å². The van der Waals surface area contributed by atoms with Crippen LogP contribution in [0.2, 0.25) is 5.02 Å². The number of benzene rings is 2. The van der Waals surface area contributed by atoms with E-state index < -0.39 is 10.4 Å². The van der Waals surface area contributed by atoms with Crippen molar-refractivity contribution in [2.75, 3.05) is 11.4 Å². The molecule has 0 saturated carbocycles. The number of oxime groups is 1. The maximum Gasteiger partial charge on any atom is 0.466 e. The van der Waals surface area contributed by atoms with Crippen LogP contribution in [0.4, 0.5) is 5.69 Å². The standard InChI is InChI=1S/C17H15ClN2O5S/c1-11-4-2-3-5-13(11)17(21)20-9-8-15(19-25-26(22,23)24)14-10-12(18)6-7-16(14)20/h2-7,10H,8-9H2,1H3,(H,22,23,24). The Hall–Kier alpha value is -2.42. The van der Waals surface area contributed by atoms with E-state index in [-0.39, 0.29) is 24.6 Å². The van der Waals surface area contributed by atoms with Crippen molar-refractivity contribution in [1.82, 2.24) is 0 Å². The van der Waals surface area contributed by atoms with Crippen LogP contribution in [0, 0.1) is 6.92 Å². The minimum atomic E-state index is -4.72. The topological polar surface area (TPSA) is 96.3 Å². The van der Waals surface area contributed by atoms with Crippen LogP contribution in [0.1, 0.15) is 27.9 Å². The Balaban J connectivity index is 2.03. The third kappa shape index (κ3) is 3.87. The van der Waals surface area contributed by atoms with E-state index in [4.69, 9.17) is 16.2 Å². The molecule has 1 aliphatic heterocycles. The maximum absolute atomic E-state index is 13.0. The second-order valence-electron chi connectivity index (χ2n) is 5.72. The lowest BCUT2D eigenvalue weighted by molar-refractivity contribution is 0.0986. The van der Waals surface area contributed by atoms with E-state index in [1.54, 1.807) is 35.2 Å². The van der Waals surface area contributed by atoms with Crippen LogP contribution < -0.4 is 4.90 Å². The molecule has 7 nitrogen and oxygen atoms in total. The highest BCUT2D eigenvalue weighted by Crippen LogP contribution is 2.31. The maximum atomic E-state index is 13.0. The van der Waals surface area contributed by atoms with E-state index in [0.29, 0.717) is 21.8 Å². The summed E-state index contributed by atoms with van der Waals surface area (Å²) >= 11 is 6.03. The summed E-state index contributed by atoms with van der Waals surface area (Å²) in [6.45, 7) is 2.13. The summed E-state index contributed by atoms with van der Waals surface area (Å²) in [6, 6.07) is 12.1. The summed E-state index contributed by atoms with van der Waals surface area (Å²) in [5.74, 6) is -0.179. The van der Waals surface area contributed by atoms with E-state index in [0.717, 1.165) is 5.56 Å². The SMILES string of the molecule is Cc1ccccc1C(=O)N1CCC(=NOS(=O)(=O)O)c2cc(Cl)ccc21. The molecule has 0 bridgehead atoms. The molecule has 0 atom stereocenters. The number of aryl methyl sites for hydroxylation is 1. The van der Waals surface area contributed by atoms with Gasteiger partial charge in [-0.2, -0.15) is 8.42 Å².